The Morgan fingerprint density at radius 2 is 1.59 bits per heavy atom. The number of aromatic nitrogens is 1. The van der Waals surface area contributed by atoms with E-state index in [0.717, 1.165) is 25.4 Å². The minimum atomic E-state index is 0. The van der Waals surface area contributed by atoms with E-state index in [0.29, 0.717) is 12.0 Å². The summed E-state index contributed by atoms with van der Waals surface area (Å²) in [6.07, 6.45) is 4.86. The van der Waals surface area contributed by atoms with Crippen molar-refractivity contribution >= 4 is 12.4 Å². The van der Waals surface area contributed by atoms with Crippen LogP contribution in [0.2, 0.25) is 0 Å². The number of hydrogen-bond acceptors (Lipinski definition) is 4. The monoisotopic (exact) mass is 392 g/mol. The predicted molar refractivity (Wildman–Crippen MR) is 114 cm³/mol. The van der Waals surface area contributed by atoms with Crippen molar-refractivity contribution in [3.63, 3.8) is 0 Å². The topological polar surface area (TPSA) is 43.4 Å². The van der Waals surface area contributed by atoms with Gasteiger partial charge in [-0.25, -0.2) is 0 Å². The van der Waals surface area contributed by atoms with E-state index in [1.54, 1.807) is 7.11 Å². The van der Waals surface area contributed by atoms with Crippen molar-refractivity contribution in [2.75, 3.05) is 20.3 Å². The standard InChI is InChI=1S/C18H22N2O.C4H10O.ClH/c1-18(2)16(13-8-10-19-11-9-13)12-17(20-18)14-4-6-15(21-3)7-5-14;1-3-5-4-2;/h4-11,16-17,20H,12H2,1-3H3;3-4H2,1-2H3;1H/t16-,17+;;/m1../s1. The van der Waals surface area contributed by atoms with Crippen LogP contribution in [-0.2, 0) is 4.74 Å². The van der Waals surface area contributed by atoms with Crippen LogP contribution in [0.5, 0.6) is 5.75 Å². The van der Waals surface area contributed by atoms with Gasteiger partial charge in [-0.2, -0.15) is 0 Å². The van der Waals surface area contributed by atoms with E-state index < -0.39 is 0 Å². The molecule has 2 heterocycles. The maximum absolute atomic E-state index is 5.24. The molecule has 0 radical (unpaired) electrons. The van der Waals surface area contributed by atoms with Crippen molar-refractivity contribution in [1.82, 2.24) is 10.3 Å². The third kappa shape index (κ3) is 6.49. The quantitative estimate of drug-likeness (QED) is 0.763. The number of nitrogens with one attached hydrogen (secondary N) is 1. The highest BCUT2D eigenvalue weighted by Crippen LogP contribution is 2.43. The molecule has 1 aromatic carbocycles. The summed E-state index contributed by atoms with van der Waals surface area (Å²) in [5.74, 6) is 1.40. The Morgan fingerprint density at radius 1 is 1.00 bits per heavy atom. The molecule has 4 nitrogen and oxygen atoms in total. The number of halogens is 1. The van der Waals surface area contributed by atoms with Crippen LogP contribution in [0.4, 0.5) is 0 Å². The molecule has 1 fully saturated rings. The van der Waals surface area contributed by atoms with Gasteiger partial charge >= 0.3 is 0 Å². The molecule has 1 aliphatic heterocycles. The predicted octanol–water partition coefficient (Wildman–Crippen LogP) is 5.15. The summed E-state index contributed by atoms with van der Waals surface area (Å²) in [5.41, 5.74) is 2.75. The van der Waals surface area contributed by atoms with Gasteiger partial charge in [-0.05, 0) is 69.5 Å². The minimum absolute atomic E-state index is 0. The Bertz CT molecular complexity index is 645. The smallest absolute Gasteiger partial charge is 0.118 e. The largest absolute Gasteiger partial charge is 0.497 e. The zero-order valence-electron chi connectivity index (χ0n) is 17.1. The molecule has 1 aliphatic rings. The maximum atomic E-state index is 5.24. The summed E-state index contributed by atoms with van der Waals surface area (Å²) < 4.78 is 10.1. The lowest BCUT2D eigenvalue weighted by atomic mass is 9.83. The third-order valence-electron chi connectivity index (χ3n) is 4.92. The molecule has 0 unspecified atom stereocenters. The molecule has 150 valence electrons. The van der Waals surface area contributed by atoms with Crippen LogP contribution in [0.15, 0.2) is 48.8 Å². The molecule has 2 atom stereocenters. The van der Waals surface area contributed by atoms with Gasteiger partial charge < -0.3 is 14.8 Å². The third-order valence-corrected chi connectivity index (χ3v) is 4.92. The molecule has 0 amide bonds. The first-order chi connectivity index (χ1) is 12.5. The Kier molecular flexibility index (Phi) is 9.78. The summed E-state index contributed by atoms with van der Waals surface area (Å²) in [7, 11) is 1.70. The highest BCUT2D eigenvalue weighted by atomic mass is 35.5. The van der Waals surface area contributed by atoms with Crippen LogP contribution in [0.25, 0.3) is 0 Å². The number of hydrogen-bond donors (Lipinski definition) is 1. The molecule has 0 spiro atoms. The van der Waals surface area contributed by atoms with Crippen LogP contribution in [0.1, 0.15) is 57.2 Å². The summed E-state index contributed by atoms with van der Waals surface area (Å²) >= 11 is 0. The van der Waals surface area contributed by atoms with Gasteiger partial charge in [0.1, 0.15) is 5.75 Å². The zero-order valence-corrected chi connectivity index (χ0v) is 17.9. The van der Waals surface area contributed by atoms with Crippen molar-refractivity contribution in [2.24, 2.45) is 0 Å². The van der Waals surface area contributed by atoms with Gasteiger partial charge in [0.2, 0.25) is 0 Å². The van der Waals surface area contributed by atoms with E-state index in [1.807, 2.05) is 38.4 Å². The lowest BCUT2D eigenvalue weighted by Gasteiger charge is -2.27. The van der Waals surface area contributed by atoms with Gasteiger partial charge in [0.15, 0.2) is 0 Å². The number of ether oxygens (including phenoxy) is 2. The number of benzene rings is 1. The SMILES string of the molecule is CCOCC.COc1ccc([C@@H]2C[C@H](c3ccncc3)C(C)(C)N2)cc1.Cl. The van der Waals surface area contributed by atoms with Gasteiger partial charge in [0, 0.05) is 43.1 Å². The average Bonchev–Trinajstić information content (AvgIpc) is 2.99. The maximum Gasteiger partial charge on any atom is 0.118 e. The van der Waals surface area contributed by atoms with Gasteiger partial charge in [-0.1, -0.05) is 12.1 Å². The Balaban J connectivity index is 0.000000542. The van der Waals surface area contributed by atoms with E-state index in [9.17, 15) is 0 Å². The van der Waals surface area contributed by atoms with E-state index in [-0.39, 0.29) is 17.9 Å². The number of rotatable bonds is 5. The molecule has 27 heavy (non-hydrogen) atoms. The van der Waals surface area contributed by atoms with E-state index >= 15 is 0 Å². The van der Waals surface area contributed by atoms with Crippen molar-refractivity contribution in [3.05, 3.63) is 59.9 Å². The molecular weight excluding hydrogens is 360 g/mol. The molecule has 0 saturated carbocycles. The average molecular weight is 393 g/mol. The van der Waals surface area contributed by atoms with Gasteiger partial charge in [-0.15, -0.1) is 12.4 Å². The second-order valence-electron chi connectivity index (χ2n) is 7.04. The fourth-order valence-corrected chi connectivity index (χ4v) is 3.55. The molecule has 5 heteroatoms. The highest BCUT2D eigenvalue weighted by Gasteiger charge is 2.40. The zero-order chi connectivity index (χ0) is 19.0. The molecule has 2 aromatic rings. The molecule has 1 saturated heterocycles. The molecule has 0 bridgehead atoms. The van der Waals surface area contributed by atoms with Crippen LogP contribution in [-0.4, -0.2) is 30.8 Å². The number of methoxy groups -OCH3 is 1. The first-order valence-corrected chi connectivity index (χ1v) is 9.41. The van der Waals surface area contributed by atoms with Crippen LogP contribution < -0.4 is 10.1 Å². The molecule has 0 aliphatic carbocycles. The Labute approximate surface area is 170 Å². The molecular formula is C22H33ClN2O2. The Morgan fingerprint density at radius 3 is 2.07 bits per heavy atom. The van der Waals surface area contributed by atoms with E-state index in [4.69, 9.17) is 9.47 Å². The summed E-state index contributed by atoms with van der Waals surface area (Å²) in [6, 6.07) is 13.0. The van der Waals surface area contributed by atoms with Crippen molar-refractivity contribution < 1.29 is 9.47 Å². The van der Waals surface area contributed by atoms with Crippen LogP contribution in [0.3, 0.4) is 0 Å². The lowest BCUT2D eigenvalue weighted by Crippen LogP contribution is -2.37. The molecule has 3 rings (SSSR count). The first-order valence-electron chi connectivity index (χ1n) is 9.41. The van der Waals surface area contributed by atoms with Gasteiger partial charge in [0.25, 0.3) is 0 Å². The molecule has 1 N–H and O–H groups in total. The summed E-state index contributed by atoms with van der Waals surface area (Å²) in [4.78, 5) is 4.13. The lowest BCUT2D eigenvalue weighted by molar-refractivity contribution is 0.162. The van der Waals surface area contributed by atoms with Crippen LogP contribution >= 0.6 is 12.4 Å². The van der Waals surface area contributed by atoms with Crippen molar-refractivity contribution in [3.8, 4) is 5.75 Å². The summed E-state index contributed by atoms with van der Waals surface area (Å²) in [6.45, 7) is 10.2. The number of nitrogens with zero attached hydrogens (tertiary/aromatic N) is 1. The van der Waals surface area contributed by atoms with Crippen molar-refractivity contribution in [1.29, 1.82) is 0 Å². The van der Waals surface area contributed by atoms with Gasteiger partial charge in [0.05, 0.1) is 7.11 Å². The fraction of sp³-hybridized carbons (Fsp3) is 0.500. The van der Waals surface area contributed by atoms with Gasteiger partial charge in [-0.3, -0.25) is 4.98 Å². The van der Waals surface area contributed by atoms with E-state index in [2.05, 4.69) is 48.4 Å². The second kappa shape index (κ2) is 11.3. The normalized spacial score (nSPS) is 20.2. The summed E-state index contributed by atoms with van der Waals surface area (Å²) in [5, 5.41) is 3.77. The Hall–Kier alpha value is -1.62. The molecule has 1 aromatic heterocycles. The highest BCUT2D eigenvalue weighted by molar-refractivity contribution is 5.85. The minimum Gasteiger partial charge on any atom is -0.497 e. The first kappa shape index (κ1) is 23.4. The fourth-order valence-electron chi connectivity index (χ4n) is 3.55. The van der Waals surface area contributed by atoms with Crippen LogP contribution in [0, 0.1) is 0 Å². The van der Waals surface area contributed by atoms with Crippen molar-refractivity contribution in [2.45, 2.75) is 51.6 Å². The van der Waals surface area contributed by atoms with E-state index in [1.165, 1.54) is 11.1 Å². The number of pyridine rings is 1. The second-order valence-corrected chi connectivity index (χ2v) is 7.04.